The Balaban J connectivity index is 2.33. The van der Waals surface area contributed by atoms with E-state index in [9.17, 15) is 4.39 Å². The van der Waals surface area contributed by atoms with Crippen LogP contribution in [0.5, 0.6) is 5.75 Å². The third-order valence-electron chi connectivity index (χ3n) is 2.07. The molecule has 0 aliphatic rings. The lowest BCUT2D eigenvalue weighted by molar-refractivity contribution is 0.262. The normalized spacial score (nSPS) is 12.5. The maximum atomic E-state index is 13.1. The van der Waals surface area contributed by atoms with E-state index in [0.29, 0.717) is 12.4 Å². The number of benzene rings is 1. The number of para-hydroxylation sites is 1. The smallest absolute Gasteiger partial charge is 0.165 e. The van der Waals surface area contributed by atoms with Gasteiger partial charge >= 0.3 is 0 Å². The van der Waals surface area contributed by atoms with Gasteiger partial charge in [-0.1, -0.05) is 19.1 Å². The van der Waals surface area contributed by atoms with Crippen LogP contribution >= 0.6 is 0 Å². The molecule has 0 aromatic heterocycles. The van der Waals surface area contributed by atoms with Crippen LogP contribution in [0.2, 0.25) is 0 Å². The Labute approximate surface area is 90.4 Å². The molecule has 0 fully saturated rings. The maximum Gasteiger partial charge on any atom is 0.165 e. The molecule has 1 rings (SSSR count). The molecule has 2 nitrogen and oxygen atoms in total. The number of halogens is 1. The van der Waals surface area contributed by atoms with Crippen molar-refractivity contribution in [3.8, 4) is 5.75 Å². The molecular formula is C12H18FNO. The average Bonchev–Trinajstić information content (AvgIpc) is 2.25. The van der Waals surface area contributed by atoms with Crippen LogP contribution in [-0.4, -0.2) is 19.2 Å². The van der Waals surface area contributed by atoms with E-state index in [0.717, 1.165) is 13.0 Å². The highest BCUT2D eigenvalue weighted by Crippen LogP contribution is 2.15. The molecule has 0 amide bonds. The van der Waals surface area contributed by atoms with Crippen molar-refractivity contribution in [1.29, 1.82) is 0 Å². The lowest BCUT2D eigenvalue weighted by atomic mass is 10.3. The molecular weight excluding hydrogens is 193 g/mol. The second-order valence-corrected chi connectivity index (χ2v) is 3.60. The summed E-state index contributed by atoms with van der Waals surface area (Å²) in [6.45, 7) is 5.58. The fourth-order valence-electron chi connectivity index (χ4n) is 1.23. The Morgan fingerprint density at radius 3 is 2.80 bits per heavy atom. The summed E-state index contributed by atoms with van der Waals surface area (Å²) in [6.07, 6.45) is 1.09. The van der Waals surface area contributed by atoms with Crippen molar-refractivity contribution in [2.24, 2.45) is 0 Å². The van der Waals surface area contributed by atoms with Gasteiger partial charge in [-0.15, -0.1) is 0 Å². The van der Waals surface area contributed by atoms with Crippen LogP contribution in [0.4, 0.5) is 4.39 Å². The maximum absolute atomic E-state index is 13.1. The van der Waals surface area contributed by atoms with Gasteiger partial charge in [-0.25, -0.2) is 4.39 Å². The molecule has 1 aromatic carbocycles. The van der Waals surface area contributed by atoms with E-state index in [2.05, 4.69) is 12.2 Å². The molecule has 1 aromatic rings. The minimum atomic E-state index is -0.305. The van der Waals surface area contributed by atoms with Gasteiger partial charge in [0, 0.05) is 6.04 Å². The first kappa shape index (κ1) is 12.0. The third kappa shape index (κ3) is 4.30. The largest absolute Gasteiger partial charge is 0.489 e. The van der Waals surface area contributed by atoms with E-state index in [4.69, 9.17) is 4.74 Å². The lowest BCUT2D eigenvalue weighted by Crippen LogP contribution is -2.32. The fraction of sp³-hybridized carbons (Fsp3) is 0.500. The van der Waals surface area contributed by atoms with Crippen molar-refractivity contribution in [3.05, 3.63) is 30.1 Å². The van der Waals surface area contributed by atoms with Crippen LogP contribution in [0.25, 0.3) is 0 Å². The second kappa shape index (κ2) is 6.40. The quantitative estimate of drug-likeness (QED) is 0.781. The van der Waals surface area contributed by atoms with E-state index in [-0.39, 0.29) is 11.9 Å². The summed E-state index contributed by atoms with van der Waals surface area (Å²) in [4.78, 5) is 0. The van der Waals surface area contributed by atoms with Crippen LogP contribution in [0.1, 0.15) is 20.3 Å². The minimum Gasteiger partial charge on any atom is -0.489 e. The third-order valence-corrected chi connectivity index (χ3v) is 2.07. The van der Waals surface area contributed by atoms with Crippen molar-refractivity contribution >= 4 is 0 Å². The molecule has 3 heteroatoms. The van der Waals surface area contributed by atoms with Gasteiger partial charge in [0.2, 0.25) is 0 Å². The predicted octanol–water partition coefficient (Wildman–Crippen LogP) is 2.59. The van der Waals surface area contributed by atoms with Gasteiger partial charge in [-0.05, 0) is 32.0 Å². The molecule has 0 saturated heterocycles. The van der Waals surface area contributed by atoms with Crippen LogP contribution < -0.4 is 10.1 Å². The Hall–Kier alpha value is -1.09. The summed E-state index contributed by atoms with van der Waals surface area (Å²) in [5, 5.41) is 3.27. The monoisotopic (exact) mass is 211 g/mol. The first-order valence-electron chi connectivity index (χ1n) is 5.34. The summed E-state index contributed by atoms with van der Waals surface area (Å²) >= 11 is 0. The van der Waals surface area contributed by atoms with Crippen molar-refractivity contribution < 1.29 is 9.13 Å². The predicted molar refractivity (Wildman–Crippen MR) is 59.7 cm³/mol. The molecule has 0 saturated carbocycles. The summed E-state index contributed by atoms with van der Waals surface area (Å²) in [5.41, 5.74) is 0. The van der Waals surface area contributed by atoms with Crippen molar-refractivity contribution in [3.63, 3.8) is 0 Å². The Morgan fingerprint density at radius 1 is 1.40 bits per heavy atom. The molecule has 1 unspecified atom stereocenters. The highest BCUT2D eigenvalue weighted by molar-refractivity contribution is 5.23. The fourth-order valence-corrected chi connectivity index (χ4v) is 1.23. The molecule has 0 aliphatic heterocycles. The molecule has 84 valence electrons. The minimum absolute atomic E-state index is 0.240. The summed E-state index contributed by atoms with van der Waals surface area (Å²) in [5.74, 6) is 0.0165. The van der Waals surface area contributed by atoms with Gasteiger partial charge in [0.25, 0.3) is 0 Å². The van der Waals surface area contributed by atoms with Gasteiger partial charge < -0.3 is 10.1 Å². The van der Waals surface area contributed by atoms with Crippen LogP contribution in [0.3, 0.4) is 0 Å². The number of hydrogen-bond acceptors (Lipinski definition) is 2. The van der Waals surface area contributed by atoms with E-state index >= 15 is 0 Å². The second-order valence-electron chi connectivity index (χ2n) is 3.60. The molecule has 0 spiro atoms. The molecule has 0 heterocycles. The van der Waals surface area contributed by atoms with Crippen molar-refractivity contribution in [2.45, 2.75) is 26.3 Å². The van der Waals surface area contributed by atoms with Crippen LogP contribution in [0, 0.1) is 5.82 Å². The van der Waals surface area contributed by atoms with Gasteiger partial charge in [0.1, 0.15) is 6.61 Å². The van der Waals surface area contributed by atoms with Crippen LogP contribution in [0.15, 0.2) is 24.3 Å². The van der Waals surface area contributed by atoms with E-state index in [1.807, 2.05) is 6.92 Å². The highest BCUT2D eigenvalue weighted by atomic mass is 19.1. The highest BCUT2D eigenvalue weighted by Gasteiger charge is 2.04. The zero-order chi connectivity index (χ0) is 11.1. The number of hydrogen-bond donors (Lipinski definition) is 1. The number of rotatable bonds is 6. The summed E-state index contributed by atoms with van der Waals surface area (Å²) < 4.78 is 18.5. The van der Waals surface area contributed by atoms with E-state index < -0.39 is 0 Å². The van der Waals surface area contributed by atoms with Crippen molar-refractivity contribution in [1.82, 2.24) is 5.32 Å². The molecule has 1 N–H and O–H groups in total. The van der Waals surface area contributed by atoms with Gasteiger partial charge in [-0.3, -0.25) is 0 Å². The van der Waals surface area contributed by atoms with E-state index in [1.165, 1.54) is 6.07 Å². The molecule has 0 bridgehead atoms. The van der Waals surface area contributed by atoms with E-state index in [1.54, 1.807) is 18.2 Å². The molecule has 0 radical (unpaired) electrons. The standard InChI is InChI=1S/C12H18FNO/c1-3-8-14-10(2)9-15-12-7-5-4-6-11(12)13/h4-7,10,14H,3,8-9H2,1-2H3. The summed E-state index contributed by atoms with van der Waals surface area (Å²) in [6, 6.07) is 6.70. The summed E-state index contributed by atoms with van der Waals surface area (Å²) in [7, 11) is 0. The Kier molecular flexibility index (Phi) is 5.12. The first-order chi connectivity index (χ1) is 7.24. The zero-order valence-electron chi connectivity index (χ0n) is 9.29. The lowest BCUT2D eigenvalue weighted by Gasteiger charge is -2.14. The van der Waals surface area contributed by atoms with Crippen LogP contribution in [-0.2, 0) is 0 Å². The van der Waals surface area contributed by atoms with Crippen molar-refractivity contribution in [2.75, 3.05) is 13.2 Å². The van der Waals surface area contributed by atoms with Gasteiger partial charge in [0.15, 0.2) is 11.6 Å². The average molecular weight is 211 g/mol. The Bertz CT molecular complexity index is 291. The van der Waals surface area contributed by atoms with Gasteiger partial charge in [-0.2, -0.15) is 0 Å². The number of nitrogens with one attached hydrogen (secondary N) is 1. The zero-order valence-corrected chi connectivity index (χ0v) is 9.29. The van der Waals surface area contributed by atoms with Gasteiger partial charge in [0.05, 0.1) is 0 Å². The molecule has 15 heavy (non-hydrogen) atoms. The molecule has 0 aliphatic carbocycles. The Morgan fingerprint density at radius 2 is 2.13 bits per heavy atom. The topological polar surface area (TPSA) is 21.3 Å². The SMILES string of the molecule is CCCNC(C)COc1ccccc1F. The number of ether oxygens (including phenoxy) is 1. The first-order valence-corrected chi connectivity index (χ1v) is 5.34. The molecule has 1 atom stereocenters.